The van der Waals surface area contributed by atoms with E-state index < -0.39 is 12.1 Å². The van der Waals surface area contributed by atoms with Crippen LogP contribution in [0.15, 0.2) is 36.5 Å². The van der Waals surface area contributed by atoms with Crippen LogP contribution in [0.4, 0.5) is 0 Å². The fraction of sp³-hybridized carbons (Fsp3) is 0.875. The van der Waals surface area contributed by atoms with Crippen LogP contribution in [0.25, 0.3) is 0 Å². The fourth-order valence-corrected chi connectivity index (χ4v) is 8.45. The number of hydrogen-bond acceptors (Lipinski definition) is 3. The summed E-state index contributed by atoms with van der Waals surface area (Å²) in [6, 6.07) is -0.627. The van der Waals surface area contributed by atoms with Crippen molar-refractivity contribution in [2.45, 2.75) is 309 Å². The average Bonchev–Trinajstić information content (AvgIpc) is 3.25. The van der Waals surface area contributed by atoms with E-state index in [9.17, 15) is 15.0 Å². The second kappa shape index (κ2) is 52.0. The van der Waals surface area contributed by atoms with Gasteiger partial charge in [-0.25, -0.2) is 0 Å². The molecule has 4 heteroatoms. The Hall–Kier alpha value is -1.39. The normalized spacial score (nSPS) is 13.1. The van der Waals surface area contributed by atoms with Crippen molar-refractivity contribution in [3.8, 4) is 0 Å². The molecule has 0 aromatic carbocycles. The van der Waals surface area contributed by atoms with Gasteiger partial charge in [0.1, 0.15) is 0 Å². The summed E-state index contributed by atoms with van der Waals surface area (Å²) < 4.78 is 0. The Kier molecular flexibility index (Phi) is 50.8. The zero-order chi connectivity index (χ0) is 43.5. The fourth-order valence-electron chi connectivity index (χ4n) is 8.45. The molecular weight excluding hydrogens is 735 g/mol. The third-order valence-electron chi connectivity index (χ3n) is 12.6. The number of carbonyl (C=O) groups excluding carboxylic acids is 1. The first-order valence-corrected chi connectivity index (χ1v) is 27.2. The molecule has 3 N–H and O–H groups in total. The lowest BCUT2D eigenvalue weighted by Gasteiger charge is -2.20. The largest absolute Gasteiger partial charge is 0.394 e. The first kappa shape index (κ1) is 58.6. The van der Waals surface area contributed by atoms with Crippen molar-refractivity contribution in [2.24, 2.45) is 0 Å². The number of aliphatic hydroxyl groups excluding tert-OH is 2. The number of aliphatic hydroxyl groups is 2. The Morgan fingerprint density at radius 1 is 0.400 bits per heavy atom. The van der Waals surface area contributed by atoms with E-state index in [1.54, 1.807) is 6.08 Å². The molecule has 2 unspecified atom stereocenters. The second-order valence-corrected chi connectivity index (χ2v) is 18.7. The van der Waals surface area contributed by atoms with Crippen LogP contribution in [-0.4, -0.2) is 34.9 Å². The zero-order valence-electron chi connectivity index (χ0n) is 40.7. The molecule has 4 nitrogen and oxygen atoms in total. The SMILES string of the molecule is CCCCCC/C=C\C/C=C\CCCCCCCCCC(=O)NC(CO)C(O)/C=C/CCCCCCCCCCCCCCCCCCCCCCCCCCCCCC. The van der Waals surface area contributed by atoms with Crippen LogP contribution in [0, 0.1) is 0 Å². The van der Waals surface area contributed by atoms with Crippen LogP contribution in [0.5, 0.6) is 0 Å². The summed E-state index contributed by atoms with van der Waals surface area (Å²) in [5.41, 5.74) is 0. The van der Waals surface area contributed by atoms with Crippen LogP contribution in [0.1, 0.15) is 296 Å². The van der Waals surface area contributed by atoms with Gasteiger partial charge in [0.05, 0.1) is 18.8 Å². The number of carbonyl (C=O) groups is 1. The van der Waals surface area contributed by atoms with E-state index >= 15 is 0 Å². The monoisotopic (exact) mass is 842 g/mol. The smallest absolute Gasteiger partial charge is 0.220 e. The first-order chi connectivity index (χ1) is 29.7. The Morgan fingerprint density at radius 3 is 1.02 bits per heavy atom. The van der Waals surface area contributed by atoms with E-state index in [0.717, 1.165) is 32.1 Å². The van der Waals surface area contributed by atoms with E-state index in [-0.39, 0.29) is 12.5 Å². The molecule has 0 saturated heterocycles. The predicted molar refractivity (Wildman–Crippen MR) is 267 cm³/mol. The third-order valence-corrected chi connectivity index (χ3v) is 12.6. The van der Waals surface area contributed by atoms with E-state index in [4.69, 9.17) is 0 Å². The maximum atomic E-state index is 12.4. The summed E-state index contributed by atoms with van der Waals surface area (Å²) in [7, 11) is 0. The summed E-state index contributed by atoms with van der Waals surface area (Å²) in [5.74, 6) is -0.0691. The topological polar surface area (TPSA) is 69.6 Å². The molecule has 0 aromatic heterocycles. The predicted octanol–water partition coefficient (Wildman–Crippen LogP) is 17.7. The zero-order valence-corrected chi connectivity index (χ0v) is 40.7. The Balaban J connectivity index is 3.47. The highest BCUT2D eigenvalue weighted by atomic mass is 16.3. The number of unbranched alkanes of at least 4 members (excludes halogenated alkanes) is 39. The van der Waals surface area contributed by atoms with Crippen LogP contribution < -0.4 is 5.32 Å². The number of hydrogen-bond donors (Lipinski definition) is 3. The minimum atomic E-state index is -0.843. The number of amides is 1. The van der Waals surface area contributed by atoms with Gasteiger partial charge in [-0.2, -0.15) is 0 Å². The van der Waals surface area contributed by atoms with Gasteiger partial charge in [0.25, 0.3) is 0 Å². The lowest BCUT2D eigenvalue weighted by molar-refractivity contribution is -0.123. The van der Waals surface area contributed by atoms with Crippen LogP contribution in [0.3, 0.4) is 0 Å². The molecule has 0 heterocycles. The highest BCUT2D eigenvalue weighted by Crippen LogP contribution is 2.17. The van der Waals surface area contributed by atoms with Crippen molar-refractivity contribution in [2.75, 3.05) is 6.61 Å². The second-order valence-electron chi connectivity index (χ2n) is 18.7. The molecule has 60 heavy (non-hydrogen) atoms. The molecule has 0 saturated carbocycles. The standard InChI is InChI=1S/C56H107NO3/c1-3-5-7-9-11-13-15-17-19-21-23-24-25-26-27-28-29-30-31-32-33-34-35-37-39-41-43-45-47-49-51-55(59)54(53-58)57-56(60)52-50-48-46-44-42-40-38-36-22-20-18-16-14-12-10-8-6-4-2/h14,16,20,22,49,51,54-55,58-59H,3-13,15,17-19,21,23-48,50,52-53H2,1-2H3,(H,57,60)/b16-14-,22-20-,51-49+. The molecule has 0 rings (SSSR count). The van der Waals surface area contributed by atoms with Gasteiger partial charge in [0.2, 0.25) is 5.91 Å². The molecule has 0 aliphatic heterocycles. The van der Waals surface area contributed by atoms with Crippen LogP contribution >= 0.6 is 0 Å². The van der Waals surface area contributed by atoms with E-state index in [0.29, 0.717) is 6.42 Å². The number of nitrogens with one attached hydrogen (secondary N) is 1. The Labute approximate surface area is 376 Å². The molecule has 1 amide bonds. The number of rotatable bonds is 50. The van der Waals surface area contributed by atoms with Gasteiger partial charge in [-0.15, -0.1) is 0 Å². The van der Waals surface area contributed by atoms with Gasteiger partial charge in [-0.3, -0.25) is 4.79 Å². The Morgan fingerprint density at radius 2 is 0.683 bits per heavy atom. The minimum absolute atomic E-state index is 0.0691. The lowest BCUT2D eigenvalue weighted by Crippen LogP contribution is -2.45. The van der Waals surface area contributed by atoms with Crippen molar-refractivity contribution in [3.05, 3.63) is 36.5 Å². The molecule has 0 aromatic rings. The highest BCUT2D eigenvalue weighted by molar-refractivity contribution is 5.76. The van der Waals surface area contributed by atoms with Crippen molar-refractivity contribution >= 4 is 5.91 Å². The average molecular weight is 842 g/mol. The summed E-state index contributed by atoms with van der Waals surface area (Å²) >= 11 is 0. The molecule has 0 spiro atoms. The Bertz CT molecular complexity index is 912. The van der Waals surface area contributed by atoms with Crippen molar-refractivity contribution in [1.29, 1.82) is 0 Å². The van der Waals surface area contributed by atoms with Gasteiger partial charge < -0.3 is 15.5 Å². The molecule has 0 fully saturated rings. The molecule has 354 valence electrons. The molecule has 0 aliphatic rings. The van der Waals surface area contributed by atoms with E-state index in [1.165, 1.54) is 244 Å². The van der Waals surface area contributed by atoms with E-state index in [2.05, 4.69) is 43.5 Å². The molecule has 0 radical (unpaired) electrons. The summed E-state index contributed by atoms with van der Waals surface area (Å²) in [4.78, 5) is 12.4. The summed E-state index contributed by atoms with van der Waals surface area (Å²) in [6.07, 6.45) is 70.1. The lowest BCUT2D eigenvalue weighted by atomic mass is 10.0. The first-order valence-electron chi connectivity index (χ1n) is 27.2. The summed E-state index contributed by atoms with van der Waals surface area (Å²) in [6.45, 7) is 4.31. The van der Waals surface area contributed by atoms with Gasteiger partial charge >= 0.3 is 0 Å². The quantitative estimate of drug-likeness (QED) is 0.0422. The molecule has 0 aliphatic carbocycles. The van der Waals surface area contributed by atoms with Gasteiger partial charge in [-0.05, 0) is 51.4 Å². The number of allylic oxidation sites excluding steroid dienone is 5. The highest BCUT2D eigenvalue weighted by Gasteiger charge is 2.18. The van der Waals surface area contributed by atoms with Gasteiger partial charge in [-0.1, -0.05) is 275 Å². The van der Waals surface area contributed by atoms with Crippen molar-refractivity contribution in [3.63, 3.8) is 0 Å². The molecule has 2 atom stereocenters. The molecular formula is C56H107NO3. The minimum Gasteiger partial charge on any atom is -0.394 e. The maximum absolute atomic E-state index is 12.4. The van der Waals surface area contributed by atoms with Gasteiger partial charge in [0.15, 0.2) is 0 Å². The van der Waals surface area contributed by atoms with Crippen LogP contribution in [-0.2, 0) is 4.79 Å². The van der Waals surface area contributed by atoms with E-state index in [1.807, 2.05) is 6.08 Å². The van der Waals surface area contributed by atoms with Crippen LogP contribution in [0.2, 0.25) is 0 Å². The third kappa shape index (κ3) is 47.7. The molecule has 0 bridgehead atoms. The summed E-state index contributed by atoms with van der Waals surface area (Å²) in [5, 5.41) is 23.1. The van der Waals surface area contributed by atoms with Gasteiger partial charge in [0, 0.05) is 6.42 Å². The maximum Gasteiger partial charge on any atom is 0.220 e. The van der Waals surface area contributed by atoms with Crippen molar-refractivity contribution < 1.29 is 15.0 Å². The van der Waals surface area contributed by atoms with Crippen molar-refractivity contribution in [1.82, 2.24) is 5.32 Å².